The van der Waals surface area contributed by atoms with Gasteiger partial charge in [0.1, 0.15) is 0 Å². The lowest BCUT2D eigenvalue weighted by atomic mass is 10.1. The van der Waals surface area contributed by atoms with Crippen LogP contribution in [0.15, 0.2) is 79.1 Å². The van der Waals surface area contributed by atoms with Crippen molar-refractivity contribution >= 4 is 11.8 Å². The smallest absolute Gasteiger partial charge is 0.255 e. The van der Waals surface area contributed by atoms with Crippen LogP contribution < -0.4 is 0 Å². The van der Waals surface area contributed by atoms with E-state index in [-0.39, 0.29) is 11.8 Å². The molecule has 0 fully saturated rings. The Morgan fingerprint density at radius 3 is 1.50 bits per heavy atom. The first kappa shape index (κ1) is 19.3. The van der Waals surface area contributed by atoms with E-state index >= 15 is 0 Å². The zero-order valence-electron chi connectivity index (χ0n) is 16.1. The lowest BCUT2D eigenvalue weighted by molar-refractivity contribution is 0.0782. The maximum Gasteiger partial charge on any atom is 0.255 e. The molecule has 2 aromatic carbocycles. The number of benzene rings is 2. The molecule has 0 N–H and O–H groups in total. The normalized spacial score (nSPS) is 10.4. The Hall–Kier alpha value is -3.47. The highest BCUT2D eigenvalue weighted by Crippen LogP contribution is 2.12. The van der Waals surface area contributed by atoms with Gasteiger partial charge in [0.15, 0.2) is 0 Å². The van der Waals surface area contributed by atoms with Crippen LogP contribution in [0.3, 0.4) is 0 Å². The number of rotatable bonds is 6. The van der Waals surface area contributed by atoms with Crippen molar-refractivity contribution in [3.05, 3.63) is 101 Å². The molecule has 1 heterocycles. The van der Waals surface area contributed by atoms with Gasteiger partial charge in [-0.15, -0.1) is 0 Å². The van der Waals surface area contributed by atoms with E-state index in [0.29, 0.717) is 24.2 Å². The average Bonchev–Trinajstić information content (AvgIpc) is 2.74. The summed E-state index contributed by atoms with van der Waals surface area (Å²) in [6, 6.07) is 21.2. The summed E-state index contributed by atoms with van der Waals surface area (Å²) in [5.41, 5.74) is 2.89. The summed E-state index contributed by atoms with van der Waals surface area (Å²) in [4.78, 5) is 32.8. The number of hydrogen-bond acceptors (Lipinski definition) is 3. The highest BCUT2D eigenvalue weighted by atomic mass is 16.2. The SMILES string of the molecule is CN(Cc1ccccc1)C(=O)c1cncc(C(=O)N(C)Cc2ccccc2)c1. The summed E-state index contributed by atoms with van der Waals surface area (Å²) in [6.45, 7) is 0.984. The van der Waals surface area contributed by atoms with E-state index in [0.717, 1.165) is 11.1 Å². The Balaban J connectivity index is 1.70. The van der Waals surface area contributed by atoms with Gasteiger partial charge < -0.3 is 9.80 Å². The maximum absolute atomic E-state index is 12.7. The maximum atomic E-state index is 12.7. The van der Waals surface area contributed by atoms with E-state index in [1.54, 1.807) is 30.0 Å². The summed E-state index contributed by atoms with van der Waals surface area (Å²) >= 11 is 0. The van der Waals surface area contributed by atoms with E-state index in [4.69, 9.17) is 0 Å². The molecule has 0 saturated heterocycles. The van der Waals surface area contributed by atoms with E-state index in [1.165, 1.54) is 12.4 Å². The molecule has 3 rings (SSSR count). The van der Waals surface area contributed by atoms with Crippen molar-refractivity contribution in [1.29, 1.82) is 0 Å². The molecule has 142 valence electrons. The molecule has 0 aliphatic carbocycles. The molecule has 0 saturated carbocycles. The number of pyridine rings is 1. The zero-order valence-corrected chi connectivity index (χ0v) is 16.1. The fraction of sp³-hybridized carbons (Fsp3) is 0.174. The predicted molar refractivity (Wildman–Crippen MR) is 109 cm³/mol. The molecule has 0 aliphatic heterocycles. The summed E-state index contributed by atoms with van der Waals surface area (Å²) in [5.74, 6) is -0.339. The lowest BCUT2D eigenvalue weighted by Crippen LogP contribution is -2.28. The second-order valence-electron chi connectivity index (χ2n) is 6.76. The molecule has 0 bridgehead atoms. The third-order valence-corrected chi connectivity index (χ3v) is 4.45. The Morgan fingerprint density at radius 1 is 0.714 bits per heavy atom. The highest BCUT2D eigenvalue weighted by Gasteiger charge is 2.17. The Labute approximate surface area is 165 Å². The number of amides is 2. The quantitative estimate of drug-likeness (QED) is 0.663. The Kier molecular flexibility index (Phi) is 6.17. The topological polar surface area (TPSA) is 53.5 Å². The number of hydrogen-bond donors (Lipinski definition) is 0. The van der Waals surface area contributed by atoms with Crippen molar-refractivity contribution in [2.45, 2.75) is 13.1 Å². The van der Waals surface area contributed by atoms with Crippen LogP contribution in [0.1, 0.15) is 31.8 Å². The average molecular weight is 373 g/mol. The van der Waals surface area contributed by atoms with E-state index < -0.39 is 0 Å². The van der Waals surface area contributed by atoms with Gasteiger partial charge in [-0.2, -0.15) is 0 Å². The first-order valence-electron chi connectivity index (χ1n) is 9.08. The van der Waals surface area contributed by atoms with E-state index in [9.17, 15) is 9.59 Å². The third-order valence-electron chi connectivity index (χ3n) is 4.45. The van der Waals surface area contributed by atoms with Crippen LogP contribution in [0.2, 0.25) is 0 Å². The van der Waals surface area contributed by atoms with Gasteiger partial charge in [-0.25, -0.2) is 0 Å². The molecular weight excluding hydrogens is 350 g/mol. The molecule has 0 radical (unpaired) electrons. The van der Waals surface area contributed by atoms with Crippen LogP contribution in [0.5, 0.6) is 0 Å². The highest BCUT2D eigenvalue weighted by molar-refractivity contribution is 5.99. The predicted octanol–water partition coefficient (Wildman–Crippen LogP) is 3.63. The monoisotopic (exact) mass is 373 g/mol. The van der Waals surface area contributed by atoms with Crippen LogP contribution in [-0.2, 0) is 13.1 Å². The molecule has 28 heavy (non-hydrogen) atoms. The van der Waals surface area contributed by atoms with Crippen molar-refractivity contribution in [1.82, 2.24) is 14.8 Å². The minimum atomic E-state index is -0.170. The number of nitrogens with zero attached hydrogens (tertiary/aromatic N) is 3. The van der Waals surface area contributed by atoms with Crippen molar-refractivity contribution in [3.63, 3.8) is 0 Å². The van der Waals surface area contributed by atoms with Gasteiger partial charge in [-0.1, -0.05) is 60.7 Å². The molecule has 1 aromatic heterocycles. The van der Waals surface area contributed by atoms with Crippen molar-refractivity contribution in [2.75, 3.05) is 14.1 Å². The Morgan fingerprint density at radius 2 is 1.11 bits per heavy atom. The fourth-order valence-corrected chi connectivity index (χ4v) is 2.97. The van der Waals surface area contributed by atoms with Crippen molar-refractivity contribution in [2.24, 2.45) is 0 Å². The minimum absolute atomic E-state index is 0.170. The number of carbonyl (C=O) groups is 2. The van der Waals surface area contributed by atoms with Crippen LogP contribution in [0, 0.1) is 0 Å². The van der Waals surface area contributed by atoms with Gasteiger partial charge in [0.2, 0.25) is 0 Å². The second kappa shape index (κ2) is 8.95. The lowest BCUT2D eigenvalue weighted by Gasteiger charge is -2.19. The second-order valence-corrected chi connectivity index (χ2v) is 6.76. The zero-order chi connectivity index (χ0) is 19.9. The minimum Gasteiger partial charge on any atom is -0.337 e. The third kappa shape index (κ3) is 4.82. The number of carbonyl (C=O) groups excluding carboxylic acids is 2. The largest absolute Gasteiger partial charge is 0.337 e. The summed E-state index contributed by atoms with van der Waals surface area (Å²) < 4.78 is 0. The van der Waals surface area contributed by atoms with Crippen molar-refractivity contribution < 1.29 is 9.59 Å². The van der Waals surface area contributed by atoms with Gasteiger partial charge >= 0.3 is 0 Å². The molecule has 0 spiro atoms. The van der Waals surface area contributed by atoms with Gasteiger partial charge in [-0.3, -0.25) is 14.6 Å². The van der Waals surface area contributed by atoms with E-state index in [2.05, 4.69) is 4.98 Å². The summed E-state index contributed by atoms with van der Waals surface area (Å²) in [6.07, 6.45) is 3.00. The van der Waals surface area contributed by atoms with Crippen LogP contribution in [0.25, 0.3) is 0 Å². The van der Waals surface area contributed by atoms with Crippen molar-refractivity contribution in [3.8, 4) is 0 Å². The molecule has 0 atom stereocenters. The molecule has 5 nitrogen and oxygen atoms in total. The molecule has 2 amide bonds. The standard InChI is InChI=1S/C23H23N3O2/c1-25(16-18-9-5-3-6-10-18)22(27)20-13-21(15-24-14-20)23(28)26(2)17-19-11-7-4-8-12-19/h3-15H,16-17H2,1-2H3. The first-order chi connectivity index (χ1) is 13.5. The van der Waals surface area contributed by atoms with Gasteiger partial charge in [0, 0.05) is 39.6 Å². The molecule has 5 heteroatoms. The molecule has 0 unspecified atom stereocenters. The van der Waals surface area contributed by atoms with Crippen LogP contribution >= 0.6 is 0 Å². The number of aromatic nitrogens is 1. The summed E-state index contributed by atoms with van der Waals surface area (Å²) in [5, 5.41) is 0. The first-order valence-corrected chi connectivity index (χ1v) is 9.08. The van der Waals surface area contributed by atoms with Gasteiger partial charge in [-0.05, 0) is 17.2 Å². The van der Waals surface area contributed by atoms with Crippen LogP contribution in [0.4, 0.5) is 0 Å². The molecule has 0 aliphatic rings. The van der Waals surface area contributed by atoms with Crippen LogP contribution in [-0.4, -0.2) is 40.7 Å². The Bertz CT molecular complexity index is 868. The van der Waals surface area contributed by atoms with Gasteiger partial charge in [0.05, 0.1) is 11.1 Å². The van der Waals surface area contributed by atoms with Gasteiger partial charge in [0.25, 0.3) is 11.8 Å². The van der Waals surface area contributed by atoms with E-state index in [1.807, 2.05) is 60.7 Å². The molecular formula is C23H23N3O2. The molecule has 3 aromatic rings. The fourth-order valence-electron chi connectivity index (χ4n) is 2.97. The summed E-state index contributed by atoms with van der Waals surface area (Å²) in [7, 11) is 3.48.